The molecule has 1 atom stereocenters. The van der Waals surface area contributed by atoms with E-state index in [0.29, 0.717) is 16.3 Å². The molecule has 0 saturated carbocycles. The zero-order valence-electron chi connectivity index (χ0n) is 12.4. The zero-order chi connectivity index (χ0) is 17.7. The van der Waals surface area contributed by atoms with E-state index in [4.69, 9.17) is 51.1 Å². The lowest BCUT2D eigenvalue weighted by Gasteiger charge is -2.25. The van der Waals surface area contributed by atoms with E-state index >= 15 is 0 Å². The maximum atomic E-state index is 12.4. The first-order valence-electron chi connectivity index (χ1n) is 6.73. The molecule has 0 spiro atoms. The Morgan fingerprint density at radius 1 is 1.08 bits per heavy atom. The average molecular weight is 425 g/mol. The van der Waals surface area contributed by atoms with Gasteiger partial charge in [-0.3, -0.25) is 4.79 Å². The molecule has 0 aliphatic heterocycles. The molecule has 24 heavy (non-hydrogen) atoms. The summed E-state index contributed by atoms with van der Waals surface area (Å²) in [6.07, 6.45) is 0. The summed E-state index contributed by atoms with van der Waals surface area (Å²) in [5.74, 6) is 0.301. The van der Waals surface area contributed by atoms with Gasteiger partial charge in [-0.15, -0.1) is 0 Å². The fourth-order valence-corrected chi connectivity index (χ4v) is 3.33. The van der Waals surface area contributed by atoms with Crippen LogP contribution in [0.4, 0.5) is 0 Å². The van der Waals surface area contributed by atoms with Crippen LogP contribution in [0, 0.1) is 0 Å². The van der Waals surface area contributed by atoms with E-state index in [0.717, 1.165) is 4.90 Å². The SMILES string of the molecule is COc1ccc(C(=O)N[C@H](Sc2ccc(Cl)cc2)C(Cl)(Cl)Cl)cc1. The fourth-order valence-electron chi connectivity index (χ4n) is 1.77. The molecule has 0 fully saturated rings. The molecule has 0 radical (unpaired) electrons. The van der Waals surface area contributed by atoms with E-state index < -0.39 is 9.17 Å². The standard InChI is InChI=1S/C16H13Cl4NO2S/c1-23-12-6-2-10(3-7-12)14(22)21-15(16(18,19)20)24-13-8-4-11(17)5-9-13/h2-9,15H,1H3,(H,21,22)/t15-/m1/s1. The second-order valence-corrected chi connectivity index (χ2v) is 8.68. The van der Waals surface area contributed by atoms with Crippen molar-refractivity contribution in [2.24, 2.45) is 0 Å². The highest BCUT2D eigenvalue weighted by Crippen LogP contribution is 2.39. The average Bonchev–Trinajstić information content (AvgIpc) is 2.55. The van der Waals surface area contributed by atoms with Gasteiger partial charge in [-0.1, -0.05) is 58.2 Å². The maximum Gasteiger partial charge on any atom is 0.252 e. The van der Waals surface area contributed by atoms with Gasteiger partial charge in [0.2, 0.25) is 3.79 Å². The van der Waals surface area contributed by atoms with Crippen LogP contribution in [-0.2, 0) is 0 Å². The Morgan fingerprint density at radius 2 is 1.67 bits per heavy atom. The molecular weight excluding hydrogens is 412 g/mol. The Morgan fingerprint density at radius 3 is 2.17 bits per heavy atom. The summed E-state index contributed by atoms with van der Waals surface area (Å²) in [6, 6.07) is 13.7. The molecule has 0 aromatic heterocycles. The second kappa shape index (κ2) is 8.54. The Bertz CT molecular complexity index is 687. The number of amides is 1. The minimum atomic E-state index is -1.69. The van der Waals surface area contributed by atoms with Crippen LogP contribution in [0.3, 0.4) is 0 Å². The van der Waals surface area contributed by atoms with Crippen LogP contribution in [0.5, 0.6) is 5.75 Å². The van der Waals surface area contributed by atoms with Crippen molar-refractivity contribution in [2.75, 3.05) is 7.11 Å². The number of benzene rings is 2. The molecule has 0 unspecified atom stereocenters. The highest BCUT2D eigenvalue weighted by Gasteiger charge is 2.35. The van der Waals surface area contributed by atoms with E-state index in [1.807, 2.05) is 0 Å². The predicted molar refractivity (Wildman–Crippen MR) is 102 cm³/mol. The van der Waals surface area contributed by atoms with Crippen LogP contribution in [0.15, 0.2) is 53.4 Å². The summed E-state index contributed by atoms with van der Waals surface area (Å²) in [5, 5.41) is 2.55. The summed E-state index contributed by atoms with van der Waals surface area (Å²) < 4.78 is 3.37. The lowest BCUT2D eigenvalue weighted by Crippen LogP contribution is -2.41. The van der Waals surface area contributed by atoms with Crippen molar-refractivity contribution >= 4 is 64.1 Å². The summed E-state index contributed by atoms with van der Waals surface area (Å²) in [6.45, 7) is 0. The van der Waals surface area contributed by atoms with Crippen molar-refractivity contribution in [2.45, 2.75) is 14.1 Å². The van der Waals surface area contributed by atoms with Crippen molar-refractivity contribution in [3.8, 4) is 5.75 Å². The van der Waals surface area contributed by atoms with Gasteiger partial charge in [0, 0.05) is 15.5 Å². The van der Waals surface area contributed by atoms with Crippen LogP contribution < -0.4 is 10.1 Å². The summed E-state index contributed by atoms with van der Waals surface area (Å²) in [4.78, 5) is 13.2. The van der Waals surface area contributed by atoms with Crippen LogP contribution in [0.2, 0.25) is 5.02 Å². The summed E-state index contributed by atoms with van der Waals surface area (Å²) >= 11 is 25.1. The third-order valence-electron chi connectivity index (χ3n) is 2.98. The van der Waals surface area contributed by atoms with E-state index in [2.05, 4.69) is 5.32 Å². The zero-order valence-corrected chi connectivity index (χ0v) is 16.3. The van der Waals surface area contributed by atoms with Gasteiger partial charge >= 0.3 is 0 Å². The van der Waals surface area contributed by atoms with E-state index in [1.165, 1.54) is 11.8 Å². The number of rotatable bonds is 5. The van der Waals surface area contributed by atoms with Crippen LogP contribution >= 0.6 is 58.2 Å². The van der Waals surface area contributed by atoms with Crippen molar-refractivity contribution in [3.63, 3.8) is 0 Å². The normalized spacial score (nSPS) is 12.5. The molecule has 128 valence electrons. The topological polar surface area (TPSA) is 38.3 Å². The van der Waals surface area contributed by atoms with Gasteiger partial charge in [0.1, 0.15) is 11.1 Å². The largest absolute Gasteiger partial charge is 0.497 e. The highest BCUT2D eigenvalue weighted by atomic mass is 35.6. The number of carbonyl (C=O) groups is 1. The first-order valence-corrected chi connectivity index (χ1v) is 9.12. The molecule has 0 aliphatic rings. The van der Waals surface area contributed by atoms with Crippen LogP contribution in [0.1, 0.15) is 10.4 Å². The molecule has 2 rings (SSSR count). The molecule has 3 nitrogen and oxygen atoms in total. The van der Waals surface area contributed by atoms with Crippen LogP contribution in [0.25, 0.3) is 0 Å². The minimum absolute atomic E-state index is 0.351. The Balaban J connectivity index is 2.13. The quantitative estimate of drug-likeness (QED) is 0.387. The van der Waals surface area contributed by atoms with Gasteiger partial charge < -0.3 is 10.1 Å². The minimum Gasteiger partial charge on any atom is -0.497 e. The first-order chi connectivity index (χ1) is 11.3. The third-order valence-corrected chi connectivity index (χ3v) is 5.53. The van der Waals surface area contributed by atoms with Crippen molar-refractivity contribution < 1.29 is 9.53 Å². The molecule has 1 N–H and O–H groups in total. The number of hydrogen-bond acceptors (Lipinski definition) is 3. The monoisotopic (exact) mass is 423 g/mol. The number of ether oxygens (including phenoxy) is 1. The summed E-state index contributed by atoms with van der Waals surface area (Å²) in [7, 11) is 1.55. The van der Waals surface area contributed by atoms with Gasteiger partial charge in [0.05, 0.1) is 7.11 Å². The van der Waals surface area contributed by atoms with Gasteiger partial charge in [-0.05, 0) is 48.5 Å². The summed E-state index contributed by atoms with van der Waals surface area (Å²) in [5.41, 5.74) is 0.437. The third kappa shape index (κ3) is 5.64. The molecule has 8 heteroatoms. The highest BCUT2D eigenvalue weighted by molar-refractivity contribution is 8.00. The van der Waals surface area contributed by atoms with Crippen molar-refractivity contribution in [1.82, 2.24) is 5.32 Å². The molecule has 1 amide bonds. The Kier molecular flexibility index (Phi) is 6.96. The number of halogens is 4. The number of thioether (sulfide) groups is 1. The fraction of sp³-hybridized carbons (Fsp3) is 0.188. The number of hydrogen-bond donors (Lipinski definition) is 1. The van der Waals surface area contributed by atoms with Gasteiger partial charge in [-0.2, -0.15) is 0 Å². The molecular formula is C16H13Cl4NO2S. The molecule has 0 aliphatic carbocycles. The number of methoxy groups -OCH3 is 1. The number of alkyl halides is 3. The molecule has 2 aromatic carbocycles. The van der Waals surface area contributed by atoms with E-state index in [-0.39, 0.29) is 5.91 Å². The van der Waals surface area contributed by atoms with Gasteiger partial charge in [0.25, 0.3) is 5.91 Å². The molecule has 2 aromatic rings. The van der Waals surface area contributed by atoms with Crippen molar-refractivity contribution in [1.29, 1.82) is 0 Å². The van der Waals surface area contributed by atoms with Crippen molar-refractivity contribution in [3.05, 3.63) is 59.1 Å². The first kappa shape index (κ1) is 19.5. The lowest BCUT2D eigenvalue weighted by molar-refractivity contribution is 0.0950. The van der Waals surface area contributed by atoms with Crippen LogP contribution in [-0.4, -0.2) is 22.2 Å². The van der Waals surface area contributed by atoms with E-state index in [9.17, 15) is 4.79 Å². The smallest absolute Gasteiger partial charge is 0.252 e. The molecule has 0 bridgehead atoms. The Hall–Kier alpha value is -0.780. The maximum absolute atomic E-state index is 12.4. The number of carbonyl (C=O) groups excluding carboxylic acids is 1. The Labute approximate surface area is 164 Å². The number of nitrogens with one attached hydrogen (secondary N) is 1. The lowest BCUT2D eigenvalue weighted by atomic mass is 10.2. The molecule has 0 saturated heterocycles. The van der Waals surface area contributed by atoms with Gasteiger partial charge in [0.15, 0.2) is 0 Å². The molecule has 0 heterocycles. The predicted octanol–water partition coefficient (Wildman–Crippen LogP) is 5.57. The van der Waals surface area contributed by atoms with E-state index in [1.54, 1.807) is 55.6 Å². The van der Waals surface area contributed by atoms with Gasteiger partial charge in [-0.25, -0.2) is 0 Å². The second-order valence-electron chi connectivity index (χ2n) is 4.70.